The van der Waals surface area contributed by atoms with Gasteiger partial charge < -0.3 is 9.47 Å². The second-order valence-electron chi connectivity index (χ2n) is 3.96. The van der Waals surface area contributed by atoms with E-state index in [0.717, 1.165) is 5.56 Å². The number of hydrogen-bond donors (Lipinski definition) is 0. The number of rotatable bonds is 5. The van der Waals surface area contributed by atoms with Gasteiger partial charge in [-0.15, -0.1) is 11.8 Å². The predicted octanol–water partition coefficient (Wildman–Crippen LogP) is 3.51. The molecule has 0 N–H and O–H groups in total. The molecule has 0 unspecified atom stereocenters. The van der Waals surface area contributed by atoms with Crippen molar-refractivity contribution in [1.29, 1.82) is 0 Å². The highest BCUT2D eigenvalue weighted by Gasteiger charge is 2.35. The molecular formula is C13H20O2S. The van der Waals surface area contributed by atoms with Crippen LogP contribution in [0.2, 0.25) is 0 Å². The highest BCUT2D eigenvalue weighted by molar-refractivity contribution is 7.98. The Balaban J connectivity index is 3.10. The summed E-state index contributed by atoms with van der Waals surface area (Å²) < 4.78 is 11.2. The molecule has 0 atom stereocenters. The van der Waals surface area contributed by atoms with E-state index in [1.807, 2.05) is 0 Å². The summed E-state index contributed by atoms with van der Waals surface area (Å²) in [7, 11) is 3.37. The van der Waals surface area contributed by atoms with Crippen molar-refractivity contribution in [3.8, 4) is 0 Å². The minimum atomic E-state index is -0.642. The first-order valence-corrected chi connectivity index (χ1v) is 6.58. The second-order valence-corrected chi connectivity index (χ2v) is 4.84. The molecule has 2 nitrogen and oxygen atoms in total. The Morgan fingerprint density at radius 2 is 1.56 bits per heavy atom. The Hall–Kier alpha value is -0.510. The second kappa shape index (κ2) is 5.71. The lowest BCUT2D eigenvalue weighted by Gasteiger charge is -2.35. The smallest absolute Gasteiger partial charge is 0.196 e. The van der Waals surface area contributed by atoms with Crippen LogP contribution in [-0.2, 0) is 15.3 Å². The number of thioether (sulfide) groups is 1. The lowest BCUT2D eigenvalue weighted by Crippen LogP contribution is -2.36. The van der Waals surface area contributed by atoms with E-state index < -0.39 is 5.79 Å². The first-order valence-electron chi connectivity index (χ1n) is 5.35. The Kier molecular flexibility index (Phi) is 4.84. The maximum Gasteiger partial charge on any atom is 0.196 e. The molecule has 3 heteroatoms. The van der Waals surface area contributed by atoms with Gasteiger partial charge in [0.25, 0.3) is 0 Å². The molecule has 0 radical (unpaired) electrons. The van der Waals surface area contributed by atoms with Gasteiger partial charge >= 0.3 is 0 Å². The van der Waals surface area contributed by atoms with Gasteiger partial charge in [0.2, 0.25) is 0 Å². The number of ether oxygens (including phenoxy) is 2. The molecule has 0 fully saturated rings. The van der Waals surface area contributed by atoms with Crippen molar-refractivity contribution in [2.45, 2.75) is 24.5 Å². The molecule has 0 bridgehead atoms. The molecule has 0 aliphatic heterocycles. The van der Waals surface area contributed by atoms with Crippen LogP contribution in [0.3, 0.4) is 0 Å². The molecule has 90 valence electrons. The first kappa shape index (κ1) is 13.6. The van der Waals surface area contributed by atoms with Gasteiger partial charge in [0.15, 0.2) is 5.79 Å². The number of hydrogen-bond acceptors (Lipinski definition) is 3. The standard InChI is InChI=1S/C13H20O2S/c1-10(2)13(14-3,15-4)11-6-8-12(16-5)9-7-11/h6-10H,1-5H3. The van der Waals surface area contributed by atoms with Crippen molar-refractivity contribution in [2.24, 2.45) is 5.92 Å². The average Bonchev–Trinajstić information content (AvgIpc) is 2.32. The molecule has 0 amide bonds. The van der Waals surface area contributed by atoms with Crippen LogP contribution in [0.4, 0.5) is 0 Å². The van der Waals surface area contributed by atoms with E-state index in [1.54, 1.807) is 26.0 Å². The minimum absolute atomic E-state index is 0.252. The third-order valence-electron chi connectivity index (χ3n) is 2.86. The van der Waals surface area contributed by atoms with Crippen molar-refractivity contribution in [1.82, 2.24) is 0 Å². The van der Waals surface area contributed by atoms with E-state index in [-0.39, 0.29) is 5.92 Å². The van der Waals surface area contributed by atoms with E-state index in [1.165, 1.54) is 4.90 Å². The van der Waals surface area contributed by atoms with Crippen LogP contribution in [0.15, 0.2) is 29.2 Å². The van der Waals surface area contributed by atoms with Crippen molar-refractivity contribution in [2.75, 3.05) is 20.5 Å². The van der Waals surface area contributed by atoms with Crippen LogP contribution < -0.4 is 0 Å². The lowest BCUT2D eigenvalue weighted by atomic mass is 9.94. The first-order chi connectivity index (χ1) is 7.60. The third-order valence-corrected chi connectivity index (χ3v) is 3.60. The minimum Gasteiger partial charge on any atom is -0.349 e. The van der Waals surface area contributed by atoms with Gasteiger partial charge in [0, 0.05) is 30.6 Å². The molecule has 0 aliphatic carbocycles. The van der Waals surface area contributed by atoms with E-state index in [2.05, 4.69) is 44.4 Å². The quantitative estimate of drug-likeness (QED) is 0.579. The Morgan fingerprint density at radius 3 is 1.88 bits per heavy atom. The van der Waals surface area contributed by atoms with Gasteiger partial charge in [-0.25, -0.2) is 0 Å². The maximum atomic E-state index is 5.58. The van der Waals surface area contributed by atoms with Crippen molar-refractivity contribution in [3.63, 3.8) is 0 Å². The monoisotopic (exact) mass is 240 g/mol. The Morgan fingerprint density at radius 1 is 1.06 bits per heavy atom. The van der Waals surface area contributed by atoms with E-state index >= 15 is 0 Å². The van der Waals surface area contributed by atoms with Gasteiger partial charge in [-0.2, -0.15) is 0 Å². The van der Waals surface area contributed by atoms with Crippen LogP contribution in [-0.4, -0.2) is 20.5 Å². The Bertz CT molecular complexity index is 315. The zero-order valence-corrected chi connectivity index (χ0v) is 11.4. The highest BCUT2D eigenvalue weighted by atomic mass is 32.2. The molecular weight excluding hydrogens is 220 g/mol. The summed E-state index contributed by atoms with van der Waals surface area (Å²) >= 11 is 1.73. The summed E-state index contributed by atoms with van der Waals surface area (Å²) in [5.41, 5.74) is 1.06. The average molecular weight is 240 g/mol. The molecule has 0 aliphatic rings. The third kappa shape index (κ3) is 2.42. The summed E-state index contributed by atoms with van der Waals surface area (Å²) in [4.78, 5) is 1.24. The molecule has 0 saturated heterocycles. The predicted molar refractivity (Wildman–Crippen MR) is 68.8 cm³/mol. The van der Waals surface area contributed by atoms with E-state index in [9.17, 15) is 0 Å². The van der Waals surface area contributed by atoms with Gasteiger partial charge in [-0.3, -0.25) is 0 Å². The SMILES string of the molecule is COC(OC)(c1ccc(SC)cc1)C(C)C. The van der Waals surface area contributed by atoms with Crippen LogP contribution in [0.25, 0.3) is 0 Å². The van der Waals surface area contributed by atoms with Gasteiger partial charge in [-0.05, 0) is 18.4 Å². The fourth-order valence-electron chi connectivity index (χ4n) is 1.95. The zero-order chi connectivity index (χ0) is 12.2. The highest BCUT2D eigenvalue weighted by Crippen LogP contribution is 2.34. The topological polar surface area (TPSA) is 18.5 Å². The summed E-state index contributed by atoms with van der Waals surface area (Å²) in [5.74, 6) is -0.389. The summed E-state index contributed by atoms with van der Waals surface area (Å²) in [5, 5.41) is 0. The van der Waals surface area contributed by atoms with E-state index in [4.69, 9.17) is 9.47 Å². The molecule has 0 saturated carbocycles. The van der Waals surface area contributed by atoms with Gasteiger partial charge in [-0.1, -0.05) is 26.0 Å². The molecule has 0 aromatic heterocycles. The van der Waals surface area contributed by atoms with Gasteiger partial charge in [0.1, 0.15) is 0 Å². The van der Waals surface area contributed by atoms with Gasteiger partial charge in [0.05, 0.1) is 0 Å². The Labute approximate surface area is 102 Å². The lowest BCUT2D eigenvalue weighted by molar-refractivity contribution is -0.243. The molecule has 1 aromatic rings. The van der Waals surface area contributed by atoms with Crippen LogP contribution in [0, 0.1) is 5.92 Å². The molecule has 1 rings (SSSR count). The molecule has 1 aromatic carbocycles. The fourth-order valence-corrected chi connectivity index (χ4v) is 2.36. The van der Waals surface area contributed by atoms with Crippen LogP contribution >= 0.6 is 11.8 Å². The maximum absolute atomic E-state index is 5.58. The van der Waals surface area contributed by atoms with Crippen LogP contribution in [0.1, 0.15) is 19.4 Å². The molecule has 0 heterocycles. The molecule has 16 heavy (non-hydrogen) atoms. The molecule has 0 spiro atoms. The van der Waals surface area contributed by atoms with E-state index in [0.29, 0.717) is 0 Å². The summed E-state index contributed by atoms with van der Waals surface area (Å²) in [6.45, 7) is 4.19. The van der Waals surface area contributed by atoms with Crippen molar-refractivity contribution < 1.29 is 9.47 Å². The number of benzene rings is 1. The zero-order valence-electron chi connectivity index (χ0n) is 10.6. The fraction of sp³-hybridized carbons (Fsp3) is 0.538. The van der Waals surface area contributed by atoms with Crippen molar-refractivity contribution >= 4 is 11.8 Å². The summed E-state index contributed by atoms with van der Waals surface area (Å²) in [6.07, 6.45) is 2.07. The normalized spacial score (nSPS) is 12.1. The summed E-state index contributed by atoms with van der Waals surface area (Å²) in [6, 6.07) is 8.32. The van der Waals surface area contributed by atoms with Crippen molar-refractivity contribution in [3.05, 3.63) is 29.8 Å². The largest absolute Gasteiger partial charge is 0.349 e. The van der Waals surface area contributed by atoms with Crippen LogP contribution in [0.5, 0.6) is 0 Å². The number of methoxy groups -OCH3 is 2.